The largest absolute Gasteiger partial charge is 0.452 e. The van der Waals surface area contributed by atoms with Gasteiger partial charge in [-0.2, -0.15) is 0 Å². The van der Waals surface area contributed by atoms with Crippen molar-refractivity contribution in [3.63, 3.8) is 0 Å². The SMILES string of the molecule is CN(CC(=O)Nc1ccccc1Cl)C(=O)COC(=O)c1ccccc1F. The third kappa shape index (κ3) is 5.29. The van der Waals surface area contributed by atoms with Crippen LogP contribution >= 0.6 is 11.6 Å². The molecule has 2 amide bonds. The van der Waals surface area contributed by atoms with Crippen LogP contribution in [0.2, 0.25) is 5.02 Å². The van der Waals surface area contributed by atoms with Gasteiger partial charge < -0.3 is 15.0 Å². The normalized spacial score (nSPS) is 10.1. The van der Waals surface area contributed by atoms with E-state index in [-0.39, 0.29) is 12.1 Å². The van der Waals surface area contributed by atoms with E-state index in [9.17, 15) is 18.8 Å². The first-order chi connectivity index (χ1) is 12.4. The van der Waals surface area contributed by atoms with Gasteiger partial charge in [-0.05, 0) is 24.3 Å². The Kier molecular flexibility index (Phi) is 6.68. The van der Waals surface area contributed by atoms with Crippen molar-refractivity contribution < 1.29 is 23.5 Å². The number of halogens is 2. The van der Waals surface area contributed by atoms with E-state index in [4.69, 9.17) is 16.3 Å². The average molecular weight is 379 g/mol. The molecule has 2 rings (SSSR count). The van der Waals surface area contributed by atoms with Crippen molar-refractivity contribution in [2.24, 2.45) is 0 Å². The smallest absolute Gasteiger partial charge is 0.341 e. The van der Waals surface area contributed by atoms with E-state index in [1.165, 1.54) is 25.2 Å². The van der Waals surface area contributed by atoms with Gasteiger partial charge >= 0.3 is 5.97 Å². The maximum Gasteiger partial charge on any atom is 0.341 e. The minimum Gasteiger partial charge on any atom is -0.452 e. The number of amides is 2. The van der Waals surface area contributed by atoms with Crippen molar-refractivity contribution >= 4 is 35.1 Å². The zero-order valence-corrected chi connectivity index (χ0v) is 14.6. The van der Waals surface area contributed by atoms with Gasteiger partial charge in [0.05, 0.1) is 22.8 Å². The summed E-state index contributed by atoms with van der Waals surface area (Å²) in [6, 6.07) is 11.9. The molecule has 2 aromatic rings. The number of likely N-dealkylation sites (N-methyl/N-ethyl adjacent to an activating group) is 1. The van der Waals surface area contributed by atoms with Crippen LogP contribution in [0.1, 0.15) is 10.4 Å². The molecule has 0 aliphatic heterocycles. The second-order valence-corrected chi connectivity index (χ2v) is 5.74. The number of carbonyl (C=O) groups excluding carboxylic acids is 3. The molecule has 0 saturated heterocycles. The summed E-state index contributed by atoms with van der Waals surface area (Å²) in [6.07, 6.45) is 0. The minimum atomic E-state index is -0.953. The summed E-state index contributed by atoms with van der Waals surface area (Å²) in [5.74, 6) is -2.76. The Morgan fingerprint density at radius 3 is 2.46 bits per heavy atom. The Morgan fingerprint density at radius 2 is 1.77 bits per heavy atom. The van der Waals surface area contributed by atoms with Gasteiger partial charge in [-0.15, -0.1) is 0 Å². The molecular weight excluding hydrogens is 363 g/mol. The maximum atomic E-state index is 13.5. The van der Waals surface area contributed by atoms with Crippen LogP contribution in [-0.4, -0.2) is 42.9 Å². The Bertz CT molecular complexity index is 828. The second kappa shape index (κ2) is 8.96. The highest BCUT2D eigenvalue weighted by molar-refractivity contribution is 6.33. The summed E-state index contributed by atoms with van der Waals surface area (Å²) in [7, 11) is 1.38. The molecule has 0 aliphatic rings. The first-order valence-electron chi connectivity index (χ1n) is 7.58. The van der Waals surface area contributed by atoms with E-state index < -0.39 is 30.2 Å². The van der Waals surface area contributed by atoms with Gasteiger partial charge in [0.15, 0.2) is 6.61 Å². The van der Waals surface area contributed by atoms with Crippen molar-refractivity contribution in [3.8, 4) is 0 Å². The van der Waals surface area contributed by atoms with Gasteiger partial charge in [-0.3, -0.25) is 9.59 Å². The van der Waals surface area contributed by atoms with E-state index in [0.717, 1.165) is 11.0 Å². The molecule has 0 spiro atoms. The predicted molar refractivity (Wildman–Crippen MR) is 94.4 cm³/mol. The number of benzene rings is 2. The highest BCUT2D eigenvalue weighted by atomic mass is 35.5. The number of para-hydroxylation sites is 1. The quantitative estimate of drug-likeness (QED) is 0.784. The number of nitrogens with one attached hydrogen (secondary N) is 1. The van der Waals surface area contributed by atoms with Gasteiger partial charge in [0.2, 0.25) is 5.91 Å². The summed E-state index contributed by atoms with van der Waals surface area (Å²) in [4.78, 5) is 36.8. The summed E-state index contributed by atoms with van der Waals surface area (Å²) in [5, 5.41) is 2.94. The number of carbonyl (C=O) groups is 3. The van der Waals surface area contributed by atoms with Crippen LogP contribution in [0.25, 0.3) is 0 Å². The summed E-state index contributed by atoms with van der Waals surface area (Å²) >= 11 is 5.94. The molecule has 8 heteroatoms. The van der Waals surface area contributed by atoms with Crippen molar-refractivity contribution in [1.82, 2.24) is 4.90 Å². The average Bonchev–Trinajstić information content (AvgIpc) is 2.61. The van der Waals surface area contributed by atoms with Crippen molar-refractivity contribution in [2.45, 2.75) is 0 Å². The fourth-order valence-corrected chi connectivity index (χ4v) is 2.18. The van der Waals surface area contributed by atoms with Crippen LogP contribution in [0.4, 0.5) is 10.1 Å². The first-order valence-corrected chi connectivity index (χ1v) is 7.96. The third-order valence-electron chi connectivity index (χ3n) is 3.37. The topological polar surface area (TPSA) is 75.7 Å². The molecule has 1 N–H and O–H groups in total. The van der Waals surface area contributed by atoms with Crippen LogP contribution in [0.5, 0.6) is 0 Å². The Balaban J connectivity index is 1.84. The molecule has 136 valence electrons. The number of ether oxygens (including phenoxy) is 1. The molecule has 26 heavy (non-hydrogen) atoms. The van der Waals surface area contributed by atoms with Crippen molar-refractivity contribution in [1.29, 1.82) is 0 Å². The molecule has 6 nitrogen and oxygen atoms in total. The zero-order chi connectivity index (χ0) is 19.1. The fraction of sp³-hybridized carbons (Fsp3) is 0.167. The molecule has 0 heterocycles. The number of nitrogens with zero attached hydrogens (tertiary/aromatic N) is 1. The highest BCUT2D eigenvalue weighted by Crippen LogP contribution is 2.20. The summed E-state index contributed by atoms with van der Waals surface area (Å²) < 4.78 is 18.3. The lowest BCUT2D eigenvalue weighted by Crippen LogP contribution is -2.37. The van der Waals surface area contributed by atoms with Gasteiger partial charge in [-0.1, -0.05) is 35.9 Å². The van der Waals surface area contributed by atoms with E-state index >= 15 is 0 Å². The van der Waals surface area contributed by atoms with Crippen LogP contribution in [0, 0.1) is 5.82 Å². The lowest BCUT2D eigenvalue weighted by Gasteiger charge is -2.17. The molecule has 0 aromatic heterocycles. The number of anilines is 1. The number of esters is 1. The molecule has 0 atom stereocenters. The van der Waals surface area contributed by atoms with E-state index in [1.54, 1.807) is 24.3 Å². The van der Waals surface area contributed by atoms with Gasteiger partial charge in [0, 0.05) is 7.05 Å². The van der Waals surface area contributed by atoms with Crippen LogP contribution < -0.4 is 5.32 Å². The van der Waals surface area contributed by atoms with Gasteiger partial charge in [0.1, 0.15) is 5.82 Å². The maximum absolute atomic E-state index is 13.5. The fourth-order valence-electron chi connectivity index (χ4n) is 2.00. The molecule has 0 bridgehead atoms. The summed E-state index contributed by atoms with van der Waals surface area (Å²) in [5.41, 5.74) is 0.158. The first kappa shape index (κ1) is 19.4. The zero-order valence-electron chi connectivity index (χ0n) is 13.9. The van der Waals surface area contributed by atoms with Crippen LogP contribution in [0.3, 0.4) is 0 Å². The van der Waals surface area contributed by atoms with Crippen LogP contribution in [-0.2, 0) is 14.3 Å². The number of rotatable bonds is 6. The number of hydrogen-bond acceptors (Lipinski definition) is 4. The van der Waals surface area contributed by atoms with E-state index in [0.29, 0.717) is 10.7 Å². The number of hydrogen-bond donors (Lipinski definition) is 1. The highest BCUT2D eigenvalue weighted by Gasteiger charge is 2.18. The molecular formula is C18H16ClFN2O4. The van der Waals surface area contributed by atoms with Crippen molar-refractivity contribution in [2.75, 3.05) is 25.5 Å². The Morgan fingerprint density at radius 1 is 1.12 bits per heavy atom. The standard InChI is InChI=1S/C18H16ClFN2O4/c1-22(10-16(23)21-15-9-5-3-7-13(15)19)17(24)11-26-18(25)12-6-2-4-8-14(12)20/h2-9H,10-11H2,1H3,(H,21,23). The predicted octanol–water partition coefficient (Wildman–Crippen LogP) is 2.73. The van der Waals surface area contributed by atoms with E-state index in [2.05, 4.69) is 5.32 Å². The second-order valence-electron chi connectivity index (χ2n) is 5.33. The Labute approximate surface area is 154 Å². The summed E-state index contributed by atoms with van der Waals surface area (Å²) in [6.45, 7) is -0.871. The molecule has 0 fully saturated rings. The molecule has 0 radical (unpaired) electrons. The molecule has 0 unspecified atom stereocenters. The third-order valence-corrected chi connectivity index (χ3v) is 3.70. The van der Waals surface area contributed by atoms with Crippen molar-refractivity contribution in [3.05, 3.63) is 64.9 Å². The van der Waals surface area contributed by atoms with Gasteiger partial charge in [0.25, 0.3) is 5.91 Å². The molecule has 0 saturated carbocycles. The minimum absolute atomic E-state index is 0.263. The van der Waals surface area contributed by atoms with Crippen LogP contribution in [0.15, 0.2) is 48.5 Å². The molecule has 0 aliphatic carbocycles. The monoisotopic (exact) mass is 378 g/mol. The lowest BCUT2D eigenvalue weighted by atomic mass is 10.2. The molecule has 2 aromatic carbocycles. The van der Waals surface area contributed by atoms with Gasteiger partial charge in [-0.25, -0.2) is 9.18 Å². The van der Waals surface area contributed by atoms with E-state index in [1.807, 2.05) is 0 Å². The lowest BCUT2D eigenvalue weighted by molar-refractivity contribution is -0.136. The Hall–Kier alpha value is -2.93.